The van der Waals surface area contributed by atoms with Crippen LogP contribution in [-0.4, -0.2) is 40.9 Å². The summed E-state index contributed by atoms with van der Waals surface area (Å²) in [6, 6.07) is 5.35. The largest absolute Gasteiger partial charge is 0.372 e. The monoisotopic (exact) mass is 352 g/mol. The molecule has 0 amide bonds. The Balaban J connectivity index is 2.20. The van der Waals surface area contributed by atoms with Gasteiger partial charge >= 0.3 is 0 Å². The Morgan fingerprint density at radius 2 is 2.14 bits per heavy atom. The first-order valence-electron chi connectivity index (χ1n) is 6.59. The molecule has 0 aromatic heterocycles. The molecule has 0 saturated carbocycles. The standard InChI is InChI=1S/C13H18Cl2N2O3S/c1-21(18,19)17-8-10-7-16-4-5-20-13(10)9-2-3-11(14)12(15)6-9/h2-3,6,10,13,16-17H,4-5,7-8H2,1H3/t10-,13?/m0/s1. The lowest BCUT2D eigenvalue weighted by molar-refractivity contribution is 0.0322. The Labute approximate surface area is 135 Å². The smallest absolute Gasteiger partial charge is 0.208 e. The third-order valence-electron chi connectivity index (χ3n) is 3.29. The van der Waals surface area contributed by atoms with Crippen LogP contribution in [0.5, 0.6) is 0 Å². The number of hydrogen-bond donors (Lipinski definition) is 2. The molecule has 0 radical (unpaired) electrons. The second-order valence-corrected chi connectivity index (χ2v) is 7.70. The van der Waals surface area contributed by atoms with Crippen LogP contribution < -0.4 is 10.0 Å². The molecule has 5 nitrogen and oxygen atoms in total. The predicted molar refractivity (Wildman–Crippen MR) is 84.4 cm³/mol. The van der Waals surface area contributed by atoms with Crippen LogP contribution in [0, 0.1) is 5.92 Å². The van der Waals surface area contributed by atoms with E-state index in [1.54, 1.807) is 12.1 Å². The summed E-state index contributed by atoms with van der Waals surface area (Å²) in [5.74, 6) is -0.0283. The van der Waals surface area contributed by atoms with Gasteiger partial charge in [0, 0.05) is 25.6 Å². The van der Waals surface area contributed by atoms with E-state index < -0.39 is 10.0 Å². The molecule has 21 heavy (non-hydrogen) atoms. The lowest BCUT2D eigenvalue weighted by Gasteiger charge is -2.25. The summed E-state index contributed by atoms with van der Waals surface area (Å²) in [6.07, 6.45) is 0.913. The molecule has 2 atom stereocenters. The maximum Gasteiger partial charge on any atom is 0.208 e. The topological polar surface area (TPSA) is 67.4 Å². The first kappa shape index (κ1) is 17.0. The van der Waals surface area contributed by atoms with Gasteiger partial charge in [-0.2, -0.15) is 0 Å². The molecule has 1 heterocycles. The summed E-state index contributed by atoms with van der Waals surface area (Å²) in [4.78, 5) is 0. The van der Waals surface area contributed by atoms with E-state index in [0.29, 0.717) is 29.7 Å². The van der Waals surface area contributed by atoms with E-state index in [1.807, 2.05) is 6.07 Å². The Hall–Kier alpha value is -0.370. The van der Waals surface area contributed by atoms with Crippen LogP contribution in [0.15, 0.2) is 18.2 Å². The number of hydrogen-bond acceptors (Lipinski definition) is 4. The molecule has 2 rings (SSSR count). The van der Waals surface area contributed by atoms with Gasteiger partial charge in [0.25, 0.3) is 0 Å². The second-order valence-electron chi connectivity index (χ2n) is 5.05. The minimum Gasteiger partial charge on any atom is -0.372 e. The zero-order valence-electron chi connectivity index (χ0n) is 11.6. The fourth-order valence-electron chi connectivity index (χ4n) is 2.28. The van der Waals surface area contributed by atoms with Crippen LogP contribution in [0.1, 0.15) is 11.7 Å². The molecule has 2 N–H and O–H groups in total. The van der Waals surface area contributed by atoms with Gasteiger partial charge in [0.2, 0.25) is 10.0 Å². The Morgan fingerprint density at radius 3 is 2.81 bits per heavy atom. The van der Waals surface area contributed by atoms with Crippen LogP contribution in [0.2, 0.25) is 10.0 Å². The van der Waals surface area contributed by atoms with E-state index in [0.717, 1.165) is 18.4 Å². The highest BCUT2D eigenvalue weighted by Crippen LogP contribution is 2.31. The van der Waals surface area contributed by atoms with Gasteiger partial charge in [0.05, 0.1) is 29.0 Å². The SMILES string of the molecule is CS(=O)(=O)NC[C@@H]1CNCCOC1c1ccc(Cl)c(Cl)c1. The van der Waals surface area contributed by atoms with E-state index in [2.05, 4.69) is 10.0 Å². The summed E-state index contributed by atoms with van der Waals surface area (Å²) in [5, 5.41) is 4.19. The van der Waals surface area contributed by atoms with Crippen molar-refractivity contribution in [2.24, 2.45) is 5.92 Å². The maximum atomic E-state index is 11.3. The number of benzene rings is 1. The van der Waals surface area contributed by atoms with E-state index in [-0.39, 0.29) is 12.0 Å². The fourth-order valence-corrected chi connectivity index (χ4v) is 3.11. The Kier molecular flexibility index (Phi) is 5.88. The summed E-state index contributed by atoms with van der Waals surface area (Å²) >= 11 is 12.0. The Morgan fingerprint density at radius 1 is 1.38 bits per heavy atom. The fraction of sp³-hybridized carbons (Fsp3) is 0.538. The highest BCUT2D eigenvalue weighted by atomic mass is 35.5. The van der Waals surface area contributed by atoms with Crippen LogP contribution in [0.4, 0.5) is 0 Å². The lowest BCUT2D eigenvalue weighted by Crippen LogP contribution is -2.36. The zero-order valence-corrected chi connectivity index (χ0v) is 13.9. The van der Waals surface area contributed by atoms with Crippen LogP contribution >= 0.6 is 23.2 Å². The van der Waals surface area contributed by atoms with Crippen molar-refractivity contribution in [2.75, 3.05) is 32.5 Å². The molecule has 1 fully saturated rings. The molecule has 1 aromatic carbocycles. The number of rotatable bonds is 4. The van der Waals surface area contributed by atoms with Gasteiger partial charge < -0.3 is 10.1 Å². The highest BCUT2D eigenvalue weighted by molar-refractivity contribution is 7.88. The Bertz CT molecular complexity index is 595. The number of sulfonamides is 1. The summed E-state index contributed by atoms with van der Waals surface area (Å²) < 4.78 is 31.0. The molecular formula is C13H18Cl2N2O3S. The molecule has 0 bridgehead atoms. The van der Waals surface area contributed by atoms with E-state index in [1.165, 1.54) is 0 Å². The van der Waals surface area contributed by atoms with Crippen molar-refractivity contribution in [2.45, 2.75) is 6.10 Å². The quantitative estimate of drug-likeness (QED) is 0.867. The first-order valence-corrected chi connectivity index (χ1v) is 9.23. The van der Waals surface area contributed by atoms with Gasteiger partial charge in [-0.3, -0.25) is 0 Å². The molecule has 1 saturated heterocycles. The normalized spacial score (nSPS) is 23.8. The maximum absolute atomic E-state index is 11.3. The van der Waals surface area contributed by atoms with Crippen molar-refractivity contribution < 1.29 is 13.2 Å². The molecule has 1 aliphatic rings. The molecule has 0 spiro atoms. The van der Waals surface area contributed by atoms with Crippen LogP contribution in [0.3, 0.4) is 0 Å². The van der Waals surface area contributed by atoms with E-state index >= 15 is 0 Å². The van der Waals surface area contributed by atoms with Crippen molar-refractivity contribution in [1.82, 2.24) is 10.0 Å². The number of nitrogens with one attached hydrogen (secondary N) is 2. The minimum absolute atomic E-state index is 0.0283. The van der Waals surface area contributed by atoms with Crippen molar-refractivity contribution in [1.29, 1.82) is 0 Å². The van der Waals surface area contributed by atoms with Gasteiger partial charge in [-0.1, -0.05) is 29.3 Å². The van der Waals surface area contributed by atoms with Gasteiger partial charge in [0.1, 0.15) is 0 Å². The average molecular weight is 353 g/mol. The molecule has 1 aromatic rings. The van der Waals surface area contributed by atoms with Crippen molar-refractivity contribution in [3.8, 4) is 0 Å². The van der Waals surface area contributed by atoms with Crippen molar-refractivity contribution in [3.05, 3.63) is 33.8 Å². The van der Waals surface area contributed by atoms with E-state index in [9.17, 15) is 8.42 Å². The highest BCUT2D eigenvalue weighted by Gasteiger charge is 2.27. The lowest BCUT2D eigenvalue weighted by atomic mass is 9.95. The molecule has 0 aliphatic carbocycles. The second kappa shape index (κ2) is 7.26. The summed E-state index contributed by atoms with van der Waals surface area (Å²) in [6.45, 7) is 2.25. The van der Waals surface area contributed by atoms with Crippen molar-refractivity contribution >= 4 is 33.2 Å². The molecular weight excluding hydrogens is 335 g/mol. The third-order valence-corrected chi connectivity index (χ3v) is 4.72. The number of halogens is 2. The van der Waals surface area contributed by atoms with Crippen LogP contribution in [0.25, 0.3) is 0 Å². The van der Waals surface area contributed by atoms with E-state index in [4.69, 9.17) is 27.9 Å². The molecule has 8 heteroatoms. The number of ether oxygens (including phenoxy) is 1. The van der Waals surface area contributed by atoms with Gasteiger partial charge in [0.15, 0.2) is 0 Å². The predicted octanol–water partition coefficient (Wildman–Crippen LogP) is 1.82. The molecule has 118 valence electrons. The van der Waals surface area contributed by atoms with Crippen LogP contribution in [-0.2, 0) is 14.8 Å². The van der Waals surface area contributed by atoms with Crippen molar-refractivity contribution in [3.63, 3.8) is 0 Å². The molecule has 1 unspecified atom stereocenters. The molecule has 1 aliphatic heterocycles. The van der Waals surface area contributed by atoms with Gasteiger partial charge in [-0.15, -0.1) is 0 Å². The third kappa shape index (κ3) is 5.09. The van der Waals surface area contributed by atoms with Gasteiger partial charge in [-0.05, 0) is 17.7 Å². The first-order chi connectivity index (χ1) is 9.87. The minimum atomic E-state index is -3.24. The zero-order chi connectivity index (χ0) is 15.5. The summed E-state index contributed by atoms with van der Waals surface area (Å²) in [5.41, 5.74) is 0.897. The van der Waals surface area contributed by atoms with Gasteiger partial charge in [-0.25, -0.2) is 13.1 Å². The summed E-state index contributed by atoms with van der Waals surface area (Å²) in [7, 11) is -3.24. The average Bonchev–Trinajstić information content (AvgIpc) is 2.64.